The van der Waals surface area contributed by atoms with E-state index in [-0.39, 0.29) is 11.8 Å². The van der Waals surface area contributed by atoms with Crippen LogP contribution in [0.25, 0.3) is 16.7 Å². The number of carbonyl (C=O) groups is 1. The molecule has 1 fully saturated rings. The highest BCUT2D eigenvalue weighted by atomic mass is 16.2. The Morgan fingerprint density at radius 2 is 2.19 bits per heavy atom. The largest absolute Gasteiger partial charge is 0.345 e. The van der Waals surface area contributed by atoms with Gasteiger partial charge in [0.15, 0.2) is 5.65 Å². The molecule has 0 radical (unpaired) electrons. The maximum Gasteiger partial charge on any atom is 0.255 e. The molecule has 0 saturated carbocycles. The summed E-state index contributed by atoms with van der Waals surface area (Å²) < 4.78 is 2.17. The number of carbonyl (C=O) groups excluding carboxylic acids is 1. The summed E-state index contributed by atoms with van der Waals surface area (Å²) in [7, 11) is 0. The molecule has 1 saturated heterocycles. The molecule has 26 heavy (non-hydrogen) atoms. The minimum atomic E-state index is 0.0810. The zero-order valence-corrected chi connectivity index (χ0v) is 14.6. The Hall–Kier alpha value is -2.96. The first-order valence-corrected chi connectivity index (χ1v) is 9.01. The molecule has 0 spiro atoms. The summed E-state index contributed by atoms with van der Waals surface area (Å²) in [6, 6.07) is 2.02. The van der Waals surface area contributed by atoms with E-state index in [1.807, 2.05) is 35.6 Å². The minimum absolute atomic E-state index is 0.0810. The van der Waals surface area contributed by atoms with Gasteiger partial charge in [-0.1, -0.05) is 6.92 Å². The van der Waals surface area contributed by atoms with Crippen LogP contribution in [0, 0.1) is 5.92 Å². The third kappa shape index (κ3) is 2.27. The molecule has 132 valence electrons. The van der Waals surface area contributed by atoms with Crippen LogP contribution >= 0.6 is 0 Å². The fourth-order valence-corrected chi connectivity index (χ4v) is 4.03. The van der Waals surface area contributed by atoms with E-state index in [9.17, 15) is 4.79 Å². The van der Waals surface area contributed by atoms with Crippen molar-refractivity contribution < 1.29 is 4.79 Å². The van der Waals surface area contributed by atoms with Gasteiger partial charge in [0, 0.05) is 31.4 Å². The average molecular weight is 348 g/mol. The van der Waals surface area contributed by atoms with Crippen LogP contribution in [0.3, 0.4) is 0 Å². The van der Waals surface area contributed by atoms with E-state index < -0.39 is 0 Å². The zero-order valence-electron chi connectivity index (χ0n) is 14.6. The number of rotatable bonds is 2. The summed E-state index contributed by atoms with van der Waals surface area (Å²) in [6.07, 6.45) is 10.2. The lowest BCUT2D eigenvalue weighted by Crippen LogP contribution is -2.43. The summed E-state index contributed by atoms with van der Waals surface area (Å²) in [6.45, 7) is 4.32. The summed E-state index contributed by atoms with van der Waals surface area (Å²) in [5.41, 5.74) is 3.56. The monoisotopic (exact) mass is 348 g/mol. The van der Waals surface area contributed by atoms with Gasteiger partial charge in [0.2, 0.25) is 0 Å². The highest BCUT2D eigenvalue weighted by Crippen LogP contribution is 2.33. The van der Waals surface area contributed by atoms with Crippen LogP contribution in [0.5, 0.6) is 0 Å². The third-order valence-electron chi connectivity index (χ3n) is 5.56. The van der Waals surface area contributed by atoms with Gasteiger partial charge in [-0.3, -0.25) is 14.2 Å². The van der Waals surface area contributed by atoms with Crippen molar-refractivity contribution in [2.75, 3.05) is 19.6 Å². The second-order valence-corrected chi connectivity index (χ2v) is 7.12. The number of hydrogen-bond donors (Lipinski definition) is 1. The first-order chi connectivity index (χ1) is 12.7. The average Bonchev–Trinajstić information content (AvgIpc) is 3.40. The maximum absolute atomic E-state index is 12.8. The molecule has 1 N–H and O–H groups in total. The van der Waals surface area contributed by atoms with Gasteiger partial charge in [-0.05, 0) is 24.5 Å². The molecule has 3 aromatic heterocycles. The van der Waals surface area contributed by atoms with E-state index in [0.29, 0.717) is 24.6 Å². The Kier molecular flexibility index (Phi) is 3.41. The molecular weight excluding hydrogens is 328 g/mol. The number of likely N-dealkylation sites (tertiary alicyclic amines) is 1. The summed E-state index contributed by atoms with van der Waals surface area (Å²) in [5, 5.41) is 0. The predicted octanol–water partition coefficient (Wildman–Crippen LogP) is 2.17. The molecule has 0 bridgehead atoms. The first kappa shape index (κ1) is 15.3. The first-order valence-electron chi connectivity index (χ1n) is 9.01. The summed E-state index contributed by atoms with van der Waals surface area (Å²) >= 11 is 0. The molecule has 2 aliphatic rings. The second kappa shape index (κ2) is 5.79. The quantitative estimate of drug-likeness (QED) is 0.771. The number of hydrogen-bond acceptors (Lipinski definition) is 4. The molecule has 0 aliphatic carbocycles. The SMILES string of the molecule is C[C@H]1CCN(C(=O)C2=CCN=C2)C[C@H]1c1ncc2cnc3[nH]ccc3n12. The summed E-state index contributed by atoms with van der Waals surface area (Å²) in [5.74, 6) is 1.73. The molecule has 7 heteroatoms. The van der Waals surface area contributed by atoms with Gasteiger partial charge in [0.25, 0.3) is 5.91 Å². The predicted molar refractivity (Wildman–Crippen MR) is 99.4 cm³/mol. The molecule has 1 amide bonds. The lowest BCUT2D eigenvalue weighted by molar-refractivity contribution is -0.128. The van der Waals surface area contributed by atoms with Crippen molar-refractivity contribution in [1.29, 1.82) is 0 Å². The van der Waals surface area contributed by atoms with Gasteiger partial charge in [0.05, 0.1) is 35.5 Å². The Balaban J connectivity index is 1.54. The molecule has 7 nitrogen and oxygen atoms in total. The maximum atomic E-state index is 12.8. The van der Waals surface area contributed by atoms with Crippen LogP contribution in [-0.4, -0.2) is 56.0 Å². The molecule has 3 aromatic rings. The van der Waals surface area contributed by atoms with E-state index in [1.165, 1.54) is 0 Å². The number of aliphatic imine (C=N–C) groups is 1. The Morgan fingerprint density at radius 3 is 3.04 bits per heavy atom. The topological polar surface area (TPSA) is 78.7 Å². The zero-order chi connectivity index (χ0) is 17.7. The van der Waals surface area contributed by atoms with Gasteiger partial charge < -0.3 is 9.88 Å². The summed E-state index contributed by atoms with van der Waals surface area (Å²) in [4.78, 5) is 31.2. The number of nitrogens with one attached hydrogen (secondary N) is 1. The van der Waals surface area contributed by atoms with Crippen LogP contribution in [0.1, 0.15) is 25.1 Å². The van der Waals surface area contributed by atoms with Gasteiger partial charge in [-0.2, -0.15) is 0 Å². The number of nitrogens with zero attached hydrogens (tertiary/aromatic N) is 5. The number of imidazole rings is 1. The highest BCUT2D eigenvalue weighted by Gasteiger charge is 2.33. The van der Waals surface area contributed by atoms with E-state index in [0.717, 1.165) is 35.5 Å². The molecule has 2 aliphatic heterocycles. The fraction of sp³-hybridized carbons (Fsp3) is 0.368. The molecule has 0 aromatic carbocycles. The second-order valence-electron chi connectivity index (χ2n) is 7.12. The van der Waals surface area contributed by atoms with Gasteiger partial charge in [-0.25, -0.2) is 9.97 Å². The van der Waals surface area contributed by atoms with Gasteiger partial charge in [0.1, 0.15) is 5.82 Å². The number of amides is 1. The molecule has 5 heterocycles. The molecule has 0 unspecified atom stereocenters. The van der Waals surface area contributed by atoms with Crippen molar-refractivity contribution in [3.05, 3.63) is 42.1 Å². The van der Waals surface area contributed by atoms with Gasteiger partial charge in [-0.15, -0.1) is 0 Å². The highest BCUT2D eigenvalue weighted by molar-refractivity contribution is 6.13. The number of fused-ring (bicyclic) bond motifs is 3. The number of aromatic nitrogens is 4. The third-order valence-corrected chi connectivity index (χ3v) is 5.56. The van der Waals surface area contributed by atoms with Crippen LogP contribution in [-0.2, 0) is 4.79 Å². The van der Waals surface area contributed by atoms with Crippen molar-refractivity contribution in [3.63, 3.8) is 0 Å². The fourth-order valence-electron chi connectivity index (χ4n) is 4.03. The number of aromatic amines is 1. The molecule has 5 rings (SSSR count). The molecule has 2 atom stereocenters. The number of piperidine rings is 1. The number of H-pyrrole nitrogens is 1. The van der Waals surface area contributed by atoms with Crippen LogP contribution < -0.4 is 0 Å². The van der Waals surface area contributed by atoms with Crippen LogP contribution in [0.2, 0.25) is 0 Å². The van der Waals surface area contributed by atoms with Crippen molar-refractivity contribution in [3.8, 4) is 0 Å². The standard InChI is InChI=1S/C19H20N6O/c1-12-4-7-24(19(26)13-2-5-20-8-13)11-15(12)18-23-10-14-9-22-17-16(25(14)18)3-6-21-17/h2-3,6,8-10,12,15,21H,4-5,7,11H2,1H3/t12-,15+/m0/s1. The van der Waals surface area contributed by atoms with Crippen molar-refractivity contribution in [2.24, 2.45) is 10.9 Å². The van der Waals surface area contributed by atoms with Crippen molar-refractivity contribution >= 4 is 28.8 Å². The normalized spacial score (nSPS) is 23.1. The minimum Gasteiger partial charge on any atom is -0.345 e. The Bertz CT molecular complexity index is 1060. The van der Waals surface area contributed by atoms with Gasteiger partial charge >= 0.3 is 0 Å². The Labute approximate surface area is 150 Å². The lowest BCUT2D eigenvalue weighted by atomic mass is 9.86. The van der Waals surface area contributed by atoms with E-state index >= 15 is 0 Å². The molecular formula is C19H20N6O. The smallest absolute Gasteiger partial charge is 0.255 e. The van der Waals surface area contributed by atoms with Crippen molar-refractivity contribution in [2.45, 2.75) is 19.3 Å². The van der Waals surface area contributed by atoms with Crippen molar-refractivity contribution in [1.82, 2.24) is 24.3 Å². The van der Waals surface area contributed by atoms with Crippen LogP contribution in [0.4, 0.5) is 0 Å². The Morgan fingerprint density at radius 1 is 1.31 bits per heavy atom. The van der Waals surface area contributed by atoms with E-state index in [1.54, 1.807) is 6.21 Å². The van der Waals surface area contributed by atoms with E-state index in [2.05, 4.69) is 26.3 Å². The van der Waals surface area contributed by atoms with E-state index in [4.69, 9.17) is 4.98 Å². The lowest BCUT2D eigenvalue weighted by Gasteiger charge is -2.36. The van der Waals surface area contributed by atoms with Crippen LogP contribution in [0.15, 0.2) is 41.3 Å².